The molecule has 3 nitrogen and oxygen atoms in total. The van der Waals surface area contributed by atoms with Crippen molar-refractivity contribution in [2.75, 3.05) is 0 Å². The van der Waals surface area contributed by atoms with Crippen molar-refractivity contribution in [1.29, 1.82) is 0 Å². The molecule has 1 fully saturated rings. The minimum atomic E-state index is -0.415. The molecule has 0 unspecified atom stereocenters. The lowest BCUT2D eigenvalue weighted by atomic mass is 10.2. The summed E-state index contributed by atoms with van der Waals surface area (Å²) in [5, 5.41) is 3.31. The number of hydrogen-bond donors (Lipinski definition) is 2. The summed E-state index contributed by atoms with van der Waals surface area (Å²) in [5.41, 5.74) is 6.65. The summed E-state index contributed by atoms with van der Waals surface area (Å²) in [6.45, 7) is 0.408. The fourth-order valence-electron chi connectivity index (χ4n) is 2.14. The third kappa shape index (κ3) is 3.60. The number of aliphatic imine (C=N–C) groups is 1. The molecule has 1 saturated carbocycles. The van der Waals surface area contributed by atoms with Crippen LogP contribution >= 0.6 is 11.6 Å². The number of guanidine groups is 1. The van der Waals surface area contributed by atoms with E-state index in [1.165, 1.54) is 18.9 Å². The zero-order valence-electron chi connectivity index (χ0n) is 10.1. The standard InChI is InChI=1S/C13H17ClFN3/c14-11-7-9(5-6-12(11)15)8-17-13(16)18-10-3-1-2-4-10/h5-7,10H,1-4,8H2,(H3,16,17,18). The van der Waals surface area contributed by atoms with Crippen LogP contribution in [0.25, 0.3) is 0 Å². The molecule has 1 aromatic carbocycles. The van der Waals surface area contributed by atoms with Gasteiger partial charge in [0.05, 0.1) is 11.6 Å². The van der Waals surface area contributed by atoms with E-state index in [4.69, 9.17) is 17.3 Å². The monoisotopic (exact) mass is 269 g/mol. The van der Waals surface area contributed by atoms with E-state index in [2.05, 4.69) is 10.3 Å². The Morgan fingerprint density at radius 2 is 2.17 bits per heavy atom. The highest BCUT2D eigenvalue weighted by Crippen LogP contribution is 2.18. The molecular formula is C13H17ClFN3. The van der Waals surface area contributed by atoms with Gasteiger partial charge < -0.3 is 11.1 Å². The van der Waals surface area contributed by atoms with E-state index in [0.29, 0.717) is 18.5 Å². The summed E-state index contributed by atoms with van der Waals surface area (Å²) in [7, 11) is 0. The highest BCUT2D eigenvalue weighted by Gasteiger charge is 2.14. The quantitative estimate of drug-likeness (QED) is 0.655. The first-order chi connectivity index (χ1) is 8.65. The Morgan fingerprint density at radius 1 is 1.44 bits per heavy atom. The third-order valence-electron chi connectivity index (χ3n) is 3.12. The van der Waals surface area contributed by atoms with E-state index in [1.54, 1.807) is 12.1 Å². The second-order valence-corrected chi connectivity index (χ2v) is 4.98. The van der Waals surface area contributed by atoms with Gasteiger partial charge >= 0.3 is 0 Å². The van der Waals surface area contributed by atoms with Crippen LogP contribution in [0.1, 0.15) is 31.2 Å². The van der Waals surface area contributed by atoms with Gasteiger partial charge in [-0.15, -0.1) is 0 Å². The molecule has 0 amide bonds. The first kappa shape index (κ1) is 13.1. The van der Waals surface area contributed by atoms with Crippen molar-refractivity contribution >= 4 is 17.6 Å². The highest BCUT2D eigenvalue weighted by molar-refractivity contribution is 6.30. The molecule has 0 aromatic heterocycles. The lowest BCUT2D eigenvalue weighted by molar-refractivity contribution is 0.624. The van der Waals surface area contributed by atoms with E-state index in [-0.39, 0.29) is 5.02 Å². The molecule has 3 N–H and O–H groups in total. The molecule has 5 heteroatoms. The predicted molar refractivity (Wildman–Crippen MR) is 72.1 cm³/mol. The largest absolute Gasteiger partial charge is 0.370 e. The van der Waals surface area contributed by atoms with Crippen LogP contribution in [0.3, 0.4) is 0 Å². The van der Waals surface area contributed by atoms with Crippen LogP contribution in [-0.4, -0.2) is 12.0 Å². The smallest absolute Gasteiger partial charge is 0.189 e. The lowest BCUT2D eigenvalue weighted by Gasteiger charge is -2.12. The molecule has 98 valence electrons. The summed E-state index contributed by atoms with van der Waals surface area (Å²) in [6, 6.07) is 5.02. The molecule has 0 bridgehead atoms. The molecule has 0 saturated heterocycles. The SMILES string of the molecule is NC(=NCc1ccc(F)c(Cl)c1)NC1CCCC1. The maximum absolute atomic E-state index is 13.0. The van der Waals surface area contributed by atoms with Gasteiger partial charge in [-0.25, -0.2) is 9.38 Å². The van der Waals surface area contributed by atoms with Gasteiger partial charge in [-0.1, -0.05) is 30.5 Å². The van der Waals surface area contributed by atoms with Crippen molar-refractivity contribution in [3.63, 3.8) is 0 Å². The zero-order valence-corrected chi connectivity index (χ0v) is 10.9. The first-order valence-electron chi connectivity index (χ1n) is 6.15. The minimum Gasteiger partial charge on any atom is -0.370 e. The summed E-state index contributed by atoms with van der Waals surface area (Å²) in [6.07, 6.45) is 4.80. The van der Waals surface area contributed by atoms with Crippen LogP contribution in [-0.2, 0) is 6.54 Å². The number of halogens is 2. The van der Waals surface area contributed by atoms with Crippen LogP contribution in [0.2, 0.25) is 5.02 Å². The molecule has 1 aliphatic rings. The first-order valence-corrected chi connectivity index (χ1v) is 6.53. The Kier molecular flexibility index (Phi) is 4.42. The number of benzene rings is 1. The normalized spacial score (nSPS) is 17.1. The summed E-state index contributed by atoms with van der Waals surface area (Å²) in [5.74, 6) is 0.0313. The number of nitrogens with one attached hydrogen (secondary N) is 1. The highest BCUT2D eigenvalue weighted by atomic mass is 35.5. The van der Waals surface area contributed by atoms with Gasteiger partial charge in [0.15, 0.2) is 5.96 Å². The predicted octanol–water partition coefficient (Wildman–Crippen LogP) is 2.83. The summed E-state index contributed by atoms with van der Waals surface area (Å²) in [4.78, 5) is 4.23. The molecule has 1 aromatic rings. The molecule has 0 spiro atoms. The van der Waals surface area contributed by atoms with Gasteiger partial charge in [0.1, 0.15) is 5.82 Å². The zero-order chi connectivity index (χ0) is 13.0. The molecular weight excluding hydrogens is 253 g/mol. The topological polar surface area (TPSA) is 50.4 Å². The van der Waals surface area contributed by atoms with Gasteiger partial charge in [0.25, 0.3) is 0 Å². The van der Waals surface area contributed by atoms with Gasteiger partial charge in [-0.3, -0.25) is 0 Å². The second kappa shape index (κ2) is 6.05. The third-order valence-corrected chi connectivity index (χ3v) is 3.41. The Bertz CT molecular complexity index is 442. The van der Waals surface area contributed by atoms with E-state index < -0.39 is 5.82 Å². The van der Waals surface area contributed by atoms with Crippen LogP contribution in [0, 0.1) is 5.82 Å². The fraction of sp³-hybridized carbons (Fsp3) is 0.462. The molecule has 0 heterocycles. The van der Waals surface area contributed by atoms with Crippen molar-refractivity contribution in [3.05, 3.63) is 34.6 Å². The Morgan fingerprint density at radius 3 is 2.83 bits per heavy atom. The number of nitrogens with zero attached hydrogens (tertiary/aromatic N) is 1. The van der Waals surface area contributed by atoms with Crippen molar-refractivity contribution in [3.8, 4) is 0 Å². The van der Waals surface area contributed by atoms with Crippen LogP contribution in [0.5, 0.6) is 0 Å². The lowest BCUT2D eigenvalue weighted by Crippen LogP contribution is -2.38. The molecule has 0 aliphatic heterocycles. The van der Waals surface area contributed by atoms with E-state index in [9.17, 15) is 4.39 Å². The van der Waals surface area contributed by atoms with Gasteiger partial charge in [-0.05, 0) is 30.5 Å². The molecule has 0 atom stereocenters. The van der Waals surface area contributed by atoms with Crippen molar-refractivity contribution in [1.82, 2.24) is 5.32 Å². The van der Waals surface area contributed by atoms with Crippen LogP contribution in [0.15, 0.2) is 23.2 Å². The van der Waals surface area contributed by atoms with E-state index in [1.807, 2.05) is 0 Å². The molecule has 2 rings (SSSR count). The minimum absolute atomic E-state index is 0.116. The maximum Gasteiger partial charge on any atom is 0.189 e. The Labute approximate surface area is 111 Å². The van der Waals surface area contributed by atoms with Gasteiger partial charge in [-0.2, -0.15) is 0 Å². The fourth-order valence-corrected chi connectivity index (χ4v) is 2.34. The van der Waals surface area contributed by atoms with Gasteiger partial charge in [0.2, 0.25) is 0 Å². The number of rotatable bonds is 3. The van der Waals surface area contributed by atoms with E-state index >= 15 is 0 Å². The molecule has 1 aliphatic carbocycles. The molecule has 0 radical (unpaired) electrons. The average Bonchev–Trinajstić information content (AvgIpc) is 2.83. The van der Waals surface area contributed by atoms with Crippen molar-refractivity contribution in [2.45, 2.75) is 38.3 Å². The summed E-state index contributed by atoms with van der Waals surface area (Å²) < 4.78 is 13.0. The van der Waals surface area contributed by atoms with Crippen LogP contribution in [0.4, 0.5) is 4.39 Å². The maximum atomic E-state index is 13.0. The summed E-state index contributed by atoms with van der Waals surface area (Å²) >= 11 is 5.70. The molecule has 18 heavy (non-hydrogen) atoms. The average molecular weight is 270 g/mol. The van der Waals surface area contributed by atoms with Crippen molar-refractivity contribution in [2.24, 2.45) is 10.7 Å². The van der Waals surface area contributed by atoms with Crippen molar-refractivity contribution < 1.29 is 4.39 Å². The van der Waals surface area contributed by atoms with E-state index in [0.717, 1.165) is 18.4 Å². The van der Waals surface area contributed by atoms with Gasteiger partial charge in [0, 0.05) is 6.04 Å². The van der Waals surface area contributed by atoms with Crippen LogP contribution < -0.4 is 11.1 Å². The Hall–Kier alpha value is -1.29. The Balaban J connectivity index is 1.90. The number of nitrogens with two attached hydrogens (primary N) is 1. The second-order valence-electron chi connectivity index (χ2n) is 4.58. The number of hydrogen-bond acceptors (Lipinski definition) is 1.